The molecule has 4 aliphatic rings. The van der Waals surface area contributed by atoms with E-state index in [-0.39, 0.29) is 50.5 Å². The molecule has 0 atom stereocenters. The molecule has 0 aromatic rings. The summed E-state index contributed by atoms with van der Waals surface area (Å²) in [5.41, 5.74) is -0.778. The maximum absolute atomic E-state index is 12.0. The Balaban J connectivity index is 0.000000436. The van der Waals surface area contributed by atoms with Crippen molar-refractivity contribution in [1.29, 1.82) is 0 Å². The van der Waals surface area contributed by atoms with Crippen LogP contribution in [-0.2, 0) is 47.4 Å². The van der Waals surface area contributed by atoms with Crippen molar-refractivity contribution >= 4 is 158 Å². The quantitative estimate of drug-likeness (QED) is 0.0433. The van der Waals surface area contributed by atoms with Gasteiger partial charge in [-0.1, -0.05) is 134 Å². The van der Waals surface area contributed by atoms with Gasteiger partial charge >= 0.3 is 24.6 Å². The fraction of sp³-hybridized carbons (Fsp3) is 0.867. The van der Waals surface area contributed by atoms with Crippen molar-refractivity contribution in [2.24, 2.45) is 21.7 Å². The lowest BCUT2D eigenvalue weighted by atomic mass is 9.95. The van der Waals surface area contributed by atoms with Crippen LogP contribution < -0.4 is 0 Å². The monoisotopic (exact) mass is 1300 g/mol. The maximum atomic E-state index is 12.0. The lowest BCUT2D eigenvalue weighted by Crippen LogP contribution is -2.41. The molecule has 0 aromatic heterocycles. The second-order valence-corrected chi connectivity index (χ2v) is 20.3. The fourth-order valence-corrected chi connectivity index (χ4v) is 15.2. The average Bonchev–Trinajstić information content (AvgIpc) is 3.87. The summed E-state index contributed by atoms with van der Waals surface area (Å²) < 4.78 is 52.2. The molecule has 1 spiro atoms. The first-order valence-corrected chi connectivity index (χ1v) is 27.1. The average molecular weight is 1300 g/mol. The molecule has 4 aliphatic heterocycles. The van der Waals surface area contributed by atoms with Crippen LogP contribution >= 0.6 is 134 Å². The highest BCUT2D eigenvalue weighted by molar-refractivity contribution is 14.1. The molecule has 0 aliphatic carbocycles. The molecule has 2 N–H and O–H groups in total. The van der Waals surface area contributed by atoms with Gasteiger partial charge < -0.3 is 57.6 Å². The van der Waals surface area contributed by atoms with E-state index >= 15 is 0 Å². The maximum Gasteiger partial charge on any atom is 0.508 e. The van der Waals surface area contributed by atoms with Crippen LogP contribution in [0, 0.1) is 21.7 Å². The standard InChI is InChI=1S/C15H24I2O8S2.C6H8I2O3.C6H8O3S2.C3H8O2/c1-21-2-3-22-12(19)24-8-15(10-26-27-11-15)9-25-13(20)23-7-14(4-16,5-17)6-18;7-1-6(2-8)3-10-5(9)11-4-6;7-5-8-1-6(2-9-5)3-10-11-4-6;1-5-3-2-4/h18H,2-11H2,1H3;2*1-4H2;4H,2-3H2,1H3. The van der Waals surface area contributed by atoms with E-state index in [2.05, 4.69) is 95.1 Å². The summed E-state index contributed by atoms with van der Waals surface area (Å²) in [5, 5.41) is 17.5. The Morgan fingerprint density at radius 2 is 1.13 bits per heavy atom. The van der Waals surface area contributed by atoms with Gasteiger partial charge in [0.2, 0.25) is 0 Å². The van der Waals surface area contributed by atoms with E-state index in [0.717, 1.165) is 20.4 Å². The summed E-state index contributed by atoms with van der Waals surface area (Å²) in [4.78, 5) is 44.6. The Kier molecular flexibility index (Phi) is 29.9. The van der Waals surface area contributed by atoms with Crippen molar-refractivity contribution in [2.45, 2.75) is 0 Å². The van der Waals surface area contributed by atoms with Gasteiger partial charge in [-0.05, 0) is 0 Å². The van der Waals surface area contributed by atoms with E-state index < -0.39 is 35.5 Å². The molecule has 4 rings (SSSR count). The van der Waals surface area contributed by atoms with Crippen molar-refractivity contribution in [3.63, 3.8) is 0 Å². The summed E-state index contributed by atoms with van der Waals surface area (Å²) in [7, 11) is 9.98. The Morgan fingerprint density at radius 1 is 0.667 bits per heavy atom. The number of alkyl halides is 4. The number of cyclic esters (lactones) is 4. The van der Waals surface area contributed by atoms with Crippen molar-refractivity contribution in [3.05, 3.63) is 0 Å². The van der Waals surface area contributed by atoms with Gasteiger partial charge in [0.1, 0.15) is 52.9 Å². The third kappa shape index (κ3) is 21.0. The largest absolute Gasteiger partial charge is 0.508 e. The lowest BCUT2D eigenvalue weighted by Gasteiger charge is -2.32. The number of hydrogen-bond donors (Lipinski definition) is 2. The normalized spacial score (nSPS) is 19.0. The minimum atomic E-state index is -0.786. The zero-order chi connectivity index (χ0) is 40.4. The number of rotatable bonds is 16. The van der Waals surface area contributed by atoms with Crippen molar-refractivity contribution < 1.29 is 76.8 Å². The minimum absolute atomic E-state index is 0.0506. The molecule has 24 heteroatoms. The molecule has 54 heavy (non-hydrogen) atoms. The molecule has 0 unspecified atom stereocenters. The van der Waals surface area contributed by atoms with E-state index in [9.17, 15) is 24.3 Å². The van der Waals surface area contributed by atoms with E-state index in [1.165, 1.54) is 7.11 Å². The number of hydrogen-bond acceptors (Lipinski definition) is 20. The van der Waals surface area contributed by atoms with Gasteiger partial charge in [0.15, 0.2) is 0 Å². The predicted molar refractivity (Wildman–Crippen MR) is 242 cm³/mol. The zero-order valence-corrected chi connectivity index (χ0v) is 41.8. The number of ether oxygens (including phenoxy) is 10. The number of aliphatic hydroxyl groups is 2. The SMILES string of the molecule is COCCO.COCCOC(=O)OCC1(COC(=O)OCC(CO)(CI)CI)CSSC1.O=C1OCC(CI)(CI)CO1.O=C1OCC2(CO1)CSSC2. The molecule has 0 saturated carbocycles. The summed E-state index contributed by atoms with van der Waals surface area (Å²) in [6, 6.07) is 0. The van der Waals surface area contributed by atoms with Crippen LogP contribution in [0.3, 0.4) is 0 Å². The molecule has 0 bridgehead atoms. The van der Waals surface area contributed by atoms with Crippen molar-refractivity contribution in [2.75, 3.05) is 134 Å². The Hall–Kier alpha value is 1.24. The smallest absolute Gasteiger partial charge is 0.434 e. The number of carbonyl (C=O) groups excluding carboxylic acids is 4. The van der Waals surface area contributed by atoms with Gasteiger partial charge in [0.05, 0.1) is 42.7 Å². The molecular weight excluding hydrogens is 1250 g/mol. The molecule has 4 heterocycles. The number of methoxy groups -OCH3 is 2. The summed E-state index contributed by atoms with van der Waals surface area (Å²) in [5.74, 6) is 3.42. The molecule has 0 aromatic carbocycles. The first-order valence-electron chi connectivity index (χ1n) is 16.0. The van der Waals surface area contributed by atoms with Gasteiger partial charge in [-0.3, -0.25) is 0 Å². The van der Waals surface area contributed by atoms with Crippen LogP contribution in [-0.4, -0.2) is 169 Å². The Labute approximate surface area is 386 Å². The number of carbonyl (C=O) groups is 4. The van der Waals surface area contributed by atoms with Crippen LogP contribution in [0.15, 0.2) is 0 Å². The van der Waals surface area contributed by atoms with Crippen LogP contribution in [0.4, 0.5) is 19.2 Å². The van der Waals surface area contributed by atoms with Crippen LogP contribution in [0.5, 0.6) is 0 Å². The molecule has 0 amide bonds. The highest BCUT2D eigenvalue weighted by atomic mass is 127. The molecule has 316 valence electrons. The molecule has 0 radical (unpaired) electrons. The number of halogens is 4. The third-order valence-corrected chi connectivity index (χ3v) is 19.5. The molecule has 16 nitrogen and oxygen atoms in total. The third-order valence-electron chi connectivity index (χ3n) is 7.37. The van der Waals surface area contributed by atoms with Gasteiger partial charge in [0, 0.05) is 60.4 Å². The topological polar surface area (TPSA) is 201 Å². The molecular formula is C30H48I4O16S4. The fourth-order valence-electron chi connectivity index (χ4n) is 3.59. The van der Waals surface area contributed by atoms with E-state index in [1.807, 2.05) is 21.6 Å². The highest BCUT2D eigenvalue weighted by Crippen LogP contribution is 2.45. The highest BCUT2D eigenvalue weighted by Gasteiger charge is 2.42. The van der Waals surface area contributed by atoms with Gasteiger partial charge in [-0.15, -0.1) is 0 Å². The van der Waals surface area contributed by atoms with Gasteiger partial charge in [-0.2, -0.15) is 0 Å². The van der Waals surface area contributed by atoms with E-state index in [4.69, 9.17) is 47.7 Å². The van der Waals surface area contributed by atoms with Crippen molar-refractivity contribution in [1.82, 2.24) is 0 Å². The lowest BCUT2D eigenvalue weighted by molar-refractivity contribution is -0.0399. The van der Waals surface area contributed by atoms with E-state index in [0.29, 0.717) is 60.0 Å². The zero-order valence-electron chi connectivity index (χ0n) is 29.9. The summed E-state index contributed by atoms with van der Waals surface area (Å²) in [6.45, 7) is 3.24. The number of aliphatic hydroxyl groups excluding tert-OH is 2. The van der Waals surface area contributed by atoms with Crippen LogP contribution in [0.2, 0.25) is 0 Å². The minimum Gasteiger partial charge on any atom is -0.434 e. The van der Waals surface area contributed by atoms with E-state index in [1.54, 1.807) is 28.7 Å². The second kappa shape index (κ2) is 30.3. The van der Waals surface area contributed by atoms with Crippen LogP contribution in [0.1, 0.15) is 0 Å². The van der Waals surface area contributed by atoms with Gasteiger partial charge in [-0.25, -0.2) is 19.2 Å². The van der Waals surface area contributed by atoms with Gasteiger partial charge in [0.25, 0.3) is 0 Å². The van der Waals surface area contributed by atoms with Crippen LogP contribution in [0.25, 0.3) is 0 Å². The first-order chi connectivity index (χ1) is 25.9. The molecule has 4 fully saturated rings. The Bertz CT molecular complexity index is 1030. The molecule has 4 saturated heterocycles. The first kappa shape index (κ1) is 53.3. The van der Waals surface area contributed by atoms with Crippen molar-refractivity contribution in [3.8, 4) is 0 Å². The second-order valence-electron chi connectivity index (χ2n) is 12.3. The summed E-state index contributed by atoms with van der Waals surface area (Å²) in [6.07, 6.45) is -2.60. The summed E-state index contributed by atoms with van der Waals surface area (Å²) >= 11 is 8.90. The Morgan fingerprint density at radius 3 is 1.54 bits per heavy atom. The predicted octanol–water partition coefficient (Wildman–Crippen LogP) is 6.34.